The smallest absolute Gasteiger partial charge is 0.307 e. The van der Waals surface area contributed by atoms with Gasteiger partial charge in [-0.1, -0.05) is 24.3 Å². The number of rotatable bonds is 5. The SMILES string of the molecule is COc1ccc(-c2ccc(CC(=O)O)cc2OC)cc1. The van der Waals surface area contributed by atoms with E-state index in [-0.39, 0.29) is 6.42 Å². The van der Waals surface area contributed by atoms with E-state index in [1.807, 2.05) is 30.3 Å². The zero-order chi connectivity index (χ0) is 14.5. The quantitative estimate of drug-likeness (QED) is 0.909. The minimum absolute atomic E-state index is 0.0146. The van der Waals surface area contributed by atoms with Gasteiger partial charge in [-0.2, -0.15) is 0 Å². The molecule has 0 bridgehead atoms. The van der Waals surface area contributed by atoms with Crippen LogP contribution in [0.1, 0.15) is 5.56 Å². The van der Waals surface area contributed by atoms with Crippen LogP contribution in [0.3, 0.4) is 0 Å². The number of carbonyl (C=O) groups is 1. The molecule has 0 amide bonds. The van der Waals surface area contributed by atoms with Gasteiger partial charge in [0.1, 0.15) is 11.5 Å². The van der Waals surface area contributed by atoms with Crippen molar-refractivity contribution in [3.63, 3.8) is 0 Å². The second-order valence-corrected chi connectivity index (χ2v) is 4.33. The largest absolute Gasteiger partial charge is 0.497 e. The number of methoxy groups -OCH3 is 2. The number of benzene rings is 2. The molecule has 104 valence electrons. The van der Waals surface area contributed by atoms with Gasteiger partial charge in [-0.05, 0) is 29.3 Å². The van der Waals surface area contributed by atoms with Gasteiger partial charge in [0, 0.05) is 5.56 Å². The topological polar surface area (TPSA) is 55.8 Å². The summed E-state index contributed by atoms with van der Waals surface area (Å²) in [6.07, 6.45) is -0.0146. The standard InChI is InChI=1S/C16H16O4/c1-19-13-6-4-12(5-7-13)14-8-3-11(10-16(17)18)9-15(14)20-2/h3-9H,10H2,1-2H3,(H,17,18). The Hall–Kier alpha value is -2.49. The lowest BCUT2D eigenvalue weighted by Crippen LogP contribution is -2.00. The first kappa shape index (κ1) is 13.9. The van der Waals surface area contributed by atoms with Crippen molar-refractivity contribution < 1.29 is 19.4 Å². The van der Waals surface area contributed by atoms with Gasteiger partial charge < -0.3 is 14.6 Å². The first-order valence-corrected chi connectivity index (χ1v) is 6.17. The maximum atomic E-state index is 10.7. The number of hydrogen-bond acceptors (Lipinski definition) is 3. The summed E-state index contributed by atoms with van der Waals surface area (Å²) in [5.41, 5.74) is 2.63. The molecule has 2 aromatic rings. The highest BCUT2D eigenvalue weighted by Crippen LogP contribution is 2.32. The first-order chi connectivity index (χ1) is 9.63. The van der Waals surface area contributed by atoms with Crippen molar-refractivity contribution in [2.75, 3.05) is 14.2 Å². The molecule has 0 saturated carbocycles. The van der Waals surface area contributed by atoms with Crippen LogP contribution in [0.25, 0.3) is 11.1 Å². The lowest BCUT2D eigenvalue weighted by atomic mass is 10.0. The Kier molecular flexibility index (Phi) is 4.25. The minimum Gasteiger partial charge on any atom is -0.497 e. The molecule has 0 fully saturated rings. The van der Waals surface area contributed by atoms with Gasteiger partial charge in [-0.15, -0.1) is 0 Å². The molecule has 1 N–H and O–H groups in total. The molecule has 0 atom stereocenters. The van der Waals surface area contributed by atoms with Crippen LogP contribution < -0.4 is 9.47 Å². The molecule has 0 heterocycles. The molecule has 0 aliphatic heterocycles. The third kappa shape index (κ3) is 3.09. The van der Waals surface area contributed by atoms with Crippen LogP contribution in [0.5, 0.6) is 11.5 Å². The van der Waals surface area contributed by atoms with Crippen LogP contribution in [0.2, 0.25) is 0 Å². The lowest BCUT2D eigenvalue weighted by molar-refractivity contribution is -0.136. The van der Waals surface area contributed by atoms with E-state index in [1.54, 1.807) is 26.4 Å². The summed E-state index contributed by atoms with van der Waals surface area (Å²) in [6, 6.07) is 13.1. The lowest BCUT2D eigenvalue weighted by Gasteiger charge is -2.11. The van der Waals surface area contributed by atoms with Crippen molar-refractivity contribution in [1.82, 2.24) is 0 Å². The molecule has 4 nitrogen and oxygen atoms in total. The van der Waals surface area contributed by atoms with E-state index >= 15 is 0 Å². The summed E-state index contributed by atoms with van der Waals surface area (Å²) in [5, 5.41) is 8.82. The first-order valence-electron chi connectivity index (χ1n) is 6.17. The Morgan fingerprint density at radius 2 is 1.75 bits per heavy atom. The number of hydrogen-bond donors (Lipinski definition) is 1. The van der Waals surface area contributed by atoms with Gasteiger partial charge in [-0.3, -0.25) is 4.79 Å². The monoisotopic (exact) mass is 272 g/mol. The van der Waals surface area contributed by atoms with Crippen LogP contribution >= 0.6 is 0 Å². The van der Waals surface area contributed by atoms with Gasteiger partial charge in [0.25, 0.3) is 0 Å². The van der Waals surface area contributed by atoms with E-state index in [2.05, 4.69) is 0 Å². The molecular formula is C16H16O4. The van der Waals surface area contributed by atoms with E-state index < -0.39 is 5.97 Å². The van der Waals surface area contributed by atoms with Crippen molar-refractivity contribution in [2.24, 2.45) is 0 Å². The van der Waals surface area contributed by atoms with Crippen molar-refractivity contribution >= 4 is 5.97 Å². The highest BCUT2D eigenvalue weighted by molar-refractivity contribution is 5.74. The van der Waals surface area contributed by atoms with Crippen LogP contribution in [-0.4, -0.2) is 25.3 Å². The molecule has 0 aliphatic rings. The Balaban J connectivity index is 2.37. The van der Waals surface area contributed by atoms with Crippen molar-refractivity contribution in [3.05, 3.63) is 48.0 Å². The molecule has 0 radical (unpaired) electrons. The van der Waals surface area contributed by atoms with E-state index in [0.717, 1.165) is 16.9 Å². The Labute approximate surface area is 117 Å². The molecule has 0 aromatic heterocycles. The maximum absolute atomic E-state index is 10.7. The molecule has 20 heavy (non-hydrogen) atoms. The van der Waals surface area contributed by atoms with E-state index in [9.17, 15) is 4.79 Å². The van der Waals surface area contributed by atoms with Crippen LogP contribution in [0.4, 0.5) is 0 Å². The Morgan fingerprint density at radius 3 is 2.30 bits per heavy atom. The van der Waals surface area contributed by atoms with Crippen LogP contribution in [0.15, 0.2) is 42.5 Å². The highest BCUT2D eigenvalue weighted by Gasteiger charge is 2.09. The molecule has 4 heteroatoms. The zero-order valence-corrected chi connectivity index (χ0v) is 11.4. The Bertz CT molecular complexity index is 602. The molecule has 0 unspecified atom stereocenters. The second kappa shape index (κ2) is 6.10. The van der Waals surface area contributed by atoms with Crippen LogP contribution in [-0.2, 0) is 11.2 Å². The van der Waals surface area contributed by atoms with Gasteiger partial charge in [0.15, 0.2) is 0 Å². The van der Waals surface area contributed by atoms with Crippen LogP contribution in [0, 0.1) is 0 Å². The fraction of sp³-hybridized carbons (Fsp3) is 0.188. The average Bonchev–Trinajstić information content (AvgIpc) is 2.46. The molecular weight excluding hydrogens is 256 g/mol. The Morgan fingerprint density at radius 1 is 1.05 bits per heavy atom. The minimum atomic E-state index is -0.857. The maximum Gasteiger partial charge on any atom is 0.307 e. The number of carboxylic acid groups (broad SMARTS) is 1. The summed E-state index contributed by atoms with van der Waals surface area (Å²) < 4.78 is 10.5. The number of ether oxygens (including phenoxy) is 2. The average molecular weight is 272 g/mol. The second-order valence-electron chi connectivity index (χ2n) is 4.33. The molecule has 0 spiro atoms. The summed E-state index contributed by atoms with van der Waals surface area (Å²) >= 11 is 0. The van der Waals surface area contributed by atoms with E-state index in [1.165, 1.54) is 0 Å². The van der Waals surface area contributed by atoms with Crippen molar-refractivity contribution in [3.8, 4) is 22.6 Å². The predicted octanol–water partition coefficient (Wildman–Crippen LogP) is 3.00. The van der Waals surface area contributed by atoms with Gasteiger partial charge in [0.05, 0.1) is 20.6 Å². The third-order valence-corrected chi connectivity index (χ3v) is 3.02. The van der Waals surface area contributed by atoms with Gasteiger partial charge in [0.2, 0.25) is 0 Å². The fourth-order valence-electron chi connectivity index (χ4n) is 2.03. The molecule has 2 aromatic carbocycles. The number of aliphatic carboxylic acids is 1. The molecule has 2 rings (SSSR count). The fourth-order valence-corrected chi connectivity index (χ4v) is 2.03. The highest BCUT2D eigenvalue weighted by atomic mass is 16.5. The normalized spacial score (nSPS) is 10.1. The van der Waals surface area contributed by atoms with Crippen molar-refractivity contribution in [2.45, 2.75) is 6.42 Å². The summed E-state index contributed by atoms with van der Waals surface area (Å²) in [4.78, 5) is 10.7. The summed E-state index contributed by atoms with van der Waals surface area (Å²) in [6.45, 7) is 0. The molecule has 0 aliphatic carbocycles. The summed E-state index contributed by atoms with van der Waals surface area (Å²) in [5.74, 6) is 0.591. The van der Waals surface area contributed by atoms with Gasteiger partial charge in [-0.25, -0.2) is 0 Å². The third-order valence-electron chi connectivity index (χ3n) is 3.02. The van der Waals surface area contributed by atoms with Gasteiger partial charge >= 0.3 is 5.97 Å². The molecule has 0 saturated heterocycles. The predicted molar refractivity (Wildman–Crippen MR) is 76.3 cm³/mol. The van der Waals surface area contributed by atoms with E-state index in [0.29, 0.717) is 11.3 Å². The summed E-state index contributed by atoms with van der Waals surface area (Å²) in [7, 11) is 3.20. The number of carboxylic acids is 1. The zero-order valence-electron chi connectivity index (χ0n) is 11.4. The van der Waals surface area contributed by atoms with E-state index in [4.69, 9.17) is 14.6 Å². The van der Waals surface area contributed by atoms with Crippen molar-refractivity contribution in [1.29, 1.82) is 0 Å².